The molecule has 0 unspecified atom stereocenters. The van der Waals surface area contributed by atoms with Crippen molar-refractivity contribution in [1.29, 1.82) is 0 Å². The van der Waals surface area contributed by atoms with Gasteiger partial charge in [-0.15, -0.1) is 0 Å². The lowest BCUT2D eigenvalue weighted by Crippen LogP contribution is -2.42. The van der Waals surface area contributed by atoms with Crippen LogP contribution >= 0.6 is 0 Å². The van der Waals surface area contributed by atoms with E-state index in [0.717, 1.165) is 0 Å². The molecule has 1 aromatic rings. The Morgan fingerprint density at radius 2 is 0.962 bits per heavy atom. The highest BCUT2D eigenvalue weighted by atomic mass is 19.1. The van der Waals surface area contributed by atoms with Crippen molar-refractivity contribution in [2.45, 2.75) is 84.7 Å². The highest BCUT2D eigenvalue weighted by Crippen LogP contribution is 2.38. The summed E-state index contributed by atoms with van der Waals surface area (Å²) >= 11 is 0. The predicted molar refractivity (Wildman–Crippen MR) is 103 cm³/mol. The molecule has 2 aliphatic rings. The van der Waals surface area contributed by atoms with Gasteiger partial charge in [0.25, 0.3) is 0 Å². The molecule has 7 heteroatoms. The molecule has 0 amide bonds. The summed E-state index contributed by atoms with van der Waals surface area (Å²) in [7, 11) is -1.33. The van der Waals surface area contributed by atoms with Crippen LogP contribution in [0.2, 0.25) is 0 Å². The highest BCUT2D eigenvalue weighted by Gasteiger charge is 2.54. The van der Waals surface area contributed by atoms with Gasteiger partial charge in [-0.05, 0) is 73.3 Å². The van der Waals surface area contributed by atoms with Gasteiger partial charge in [0.1, 0.15) is 5.82 Å². The van der Waals surface area contributed by atoms with E-state index >= 15 is 4.39 Å². The molecule has 0 aromatic heterocycles. The molecule has 26 heavy (non-hydrogen) atoms. The van der Waals surface area contributed by atoms with E-state index in [9.17, 15) is 0 Å². The Balaban J connectivity index is 1.92. The number of hydrogen-bond acceptors (Lipinski definition) is 4. The third-order valence-corrected chi connectivity index (χ3v) is 6.47. The number of benzene rings is 1. The Kier molecular flexibility index (Phi) is 4.44. The smallest absolute Gasteiger partial charge is 0.399 e. The zero-order chi connectivity index (χ0) is 19.7. The third kappa shape index (κ3) is 2.93. The molecule has 0 spiro atoms. The van der Waals surface area contributed by atoms with Crippen LogP contribution in [0, 0.1) is 12.7 Å². The molecule has 0 radical (unpaired) electrons. The van der Waals surface area contributed by atoms with Gasteiger partial charge in [0, 0.05) is 5.46 Å². The lowest BCUT2D eigenvalue weighted by atomic mass is 9.71. The minimum Gasteiger partial charge on any atom is -0.399 e. The van der Waals surface area contributed by atoms with Crippen molar-refractivity contribution in [1.82, 2.24) is 0 Å². The molecular weight excluding hydrogens is 333 g/mol. The number of rotatable bonds is 2. The number of halogens is 1. The topological polar surface area (TPSA) is 36.9 Å². The fourth-order valence-electron chi connectivity index (χ4n) is 3.10. The van der Waals surface area contributed by atoms with Crippen LogP contribution in [0.5, 0.6) is 0 Å². The standard InChI is InChI=1S/C19H29B2FO4/c1-12-13(20-23-16(2,3)17(4,5)24-20)10-11-14(15(12)22)21-25-18(6,7)19(8,9)26-21/h10-11H,1-9H3. The van der Waals surface area contributed by atoms with Crippen LogP contribution in [0.25, 0.3) is 0 Å². The zero-order valence-electron chi connectivity index (χ0n) is 17.3. The van der Waals surface area contributed by atoms with Crippen LogP contribution in [0.1, 0.15) is 61.0 Å². The predicted octanol–water partition coefficient (Wildman–Crippen LogP) is 2.73. The second-order valence-corrected chi connectivity index (χ2v) is 9.36. The first-order valence-corrected chi connectivity index (χ1v) is 9.19. The summed E-state index contributed by atoms with van der Waals surface area (Å²) in [6.07, 6.45) is 0. The molecule has 2 aliphatic heterocycles. The van der Waals surface area contributed by atoms with Gasteiger partial charge in [0.2, 0.25) is 0 Å². The molecule has 0 saturated carbocycles. The first-order chi connectivity index (χ1) is 11.7. The van der Waals surface area contributed by atoms with Gasteiger partial charge >= 0.3 is 14.2 Å². The summed E-state index contributed by atoms with van der Waals surface area (Å²) in [6, 6.07) is 3.56. The molecule has 2 heterocycles. The SMILES string of the molecule is Cc1c(B2OC(C)(C)C(C)(C)O2)ccc(B2OC(C)(C)C(C)(C)O2)c1F. The van der Waals surface area contributed by atoms with Crippen molar-refractivity contribution in [3.8, 4) is 0 Å². The maximum atomic E-state index is 15.2. The lowest BCUT2D eigenvalue weighted by molar-refractivity contribution is 0.00578. The molecule has 3 rings (SSSR count). The van der Waals surface area contributed by atoms with Gasteiger partial charge in [-0.2, -0.15) is 0 Å². The van der Waals surface area contributed by atoms with Gasteiger partial charge < -0.3 is 18.6 Å². The van der Waals surface area contributed by atoms with Crippen LogP contribution in [0.4, 0.5) is 4.39 Å². The first kappa shape index (κ1) is 19.9. The summed E-state index contributed by atoms with van der Waals surface area (Å²) in [5.74, 6) is -0.337. The van der Waals surface area contributed by atoms with Crippen LogP contribution in [-0.4, -0.2) is 36.6 Å². The van der Waals surface area contributed by atoms with E-state index < -0.39 is 36.6 Å². The molecule has 1 aromatic carbocycles. The van der Waals surface area contributed by atoms with Gasteiger partial charge in [0.05, 0.1) is 22.4 Å². The molecule has 4 nitrogen and oxygen atoms in total. The van der Waals surface area contributed by atoms with Gasteiger partial charge in [-0.25, -0.2) is 4.39 Å². The largest absolute Gasteiger partial charge is 0.497 e. The van der Waals surface area contributed by atoms with Gasteiger partial charge in [-0.3, -0.25) is 0 Å². The zero-order valence-corrected chi connectivity index (χ0v) is 17.3. The fourth-order valence-corrected chi connectivity index (χ4v) is 3.10. The van der Waals surface area contributed by atoms with Crippen molar-refractivity contribution in [2.75, 3.05) is 0 Å². The fraction of sp³-hybridized carbons (Fsp3) is 0.684. The second-order valence-electron chi connectivity index (χ2n) is 9.36. The van der Waals surface area contributed by atoms with Crippen molar-refractivity contribution >= 4 is 25.2 Å². The van der Waals surface area contributed by atoms with Crippen molar-refractivity contribution in [3.63, 3.8) is 0 Å². The summed E-state index contributed by atoms with van der Waals surface area (Å²) in [5.41, 5.74) is -0.362. The Labute approximate surface area is 157 Å². The Morgan fingerprint density at radius 3 is 1.35 bits per heavy atom. The van der Waals surface area contributed by atoms with Crippen LogP contribution < -0.4 is 10.9 Å². The maximum Gasteiger partial charge on any atom is 0.497 e. The van der Waals surface area contributed by atoms with E-state index in [1.165, 1.54) is 0 Å². The maximum absolute atomic E-state index is 15.2. The van der Waals surface area contributed by atoms with Crippen molar-refractivity contribution < 1.29 is 23.0 Å². The van der Waals surface area contributed by atoms with Crippen LogP contribution in [0.15, 0.2) is 12.1 Å². The highest BCUT2D eigenvalue weighted by molar-refractivity contribution is 6.64. The van der Waals surface area contributed by atoms with Gasteiger partial charge in [-0.1, -0.05) is 12.1 Å². The number of hydrogen-bond donors (Lipinski definition) is 0. The van der Waals surface area contributed by atoms with Crippen LogP contribution in [-0.2, 0) is 18.6 Å². The first-order valence-electron chi connectivity index (χ1n) is 9.19. The van der Waals surface area contributed by atoms with E-state index in [2.05, 4.69) is 0 Å². The minimum absolute atomic E-state index is 0.337. The molecule has 142 valence electrons. The minimum atomic E-state index is -0.731. The lowest BCUT2D eigenvalue weighted by Gasteiger charge is -2.32. The van der Waals surface area contributed by atoms with E-state index in [-0.39, 0.29) is 5.82 Å². The molecule has 2 saturated heterocycles. The molecule has 0 N–H and O–H groups in total. The third-order valence-electron chi connectivity index (χ3n) is 6.47. The Hall–Kier alpha value is -0.880. The van der Waals surface area contributed by atoms with E-state index in [1.54, 1.807) is 13.0 Å². The average molecular weight is 362 g/mol. The monoisotopic (exact) mass is 362 g/mol. The molecule has 0 bridgehead atoms. The van der Waals surface area contributed by atoms with Gasteiger partial charge in [0.15, 0.2) is 0 Å². The molecular formula is C19H29B2FO4. The summed E-state index contributed by atoms with van der Waals surface area (Å²) in [5, 5.41) is 0. The quantitative estimate of drug-likeness (QED) is 0.759. The second kappa shape index (κ2) is 5.81. The van der Waals surface area contributed by atoms with Crippen LogP contribution in [0.3, 0.4) is 0 Å². The molecule has 2 fully saturated rings. The Bertz CT molecular complexity index is 637. The molecule has 0 aliphatic carbocycles. The Morgan fingerprint density at radius 1 is 0.654 bits per heavy atom. The summed E-state index contributed by atoms with van der Waals surface area (Å²) in [6.45, 7) is 17.5. The normalized spacial score (nSPS) is 25.8. The van der Waals surface area contributed by atoms with E-state index in [0.29, 0.717) is 16.5 Å². The average Bonchev–Trinajstić information content (AvgIpc) is 2.81. The van der Waals surface area contributed by atoms with Crippen molar-refractivity contribution in [2.24, 2.45) is 0 Å². The summed E-state index contributed by atoms with van der Waals surface area (Å²) in [4.78, 5) is 0. The van der Waals surface area contributed by atoms with Crippen molar-refractivity contribution in [3.05, 3.63) is 23.5 Å². The van der Waals surface area contributed by atoms with E-state index in [4.69, 9.17) is 18.6 Å². The van der Waals surface area contributed by atoms with E-state index in [1.807, 2.05) is 61.5 Å². The molecule has 0 atom stereocenters. The summed E-state index contributed by atoms with van der Waals surface area (Å²) < 4.78 is 39.3.